The highest BCUT2D eigenvalue weighted by molar-refractivity contribution is 6.05. The van der Waals surface area contributed by atoms with E-state index in [1.165, 1.54) is 0 Å². The van der Waals surface area contributed by atoms with Gasteiger partial charge in [-0.05, 0) is 12.8 Å². The molecule has 1 heterocycles. The number of amides is 2. The van der Waals surface area contributed by atoms with Gasteiger partial charge >= 0.3 is 0 Å². The van der Waals surface area contributed by atoms with Gasteiger partial charge in [-0.15, -0.1) is 13.2 Å². The standard InChI is InChI=1S/C10H13NO2/c1-3-5-7-8(6-4-2)10(13)11-9(7)12/h3-4,7-8H,1-2,5-6H2,(H,11,12,13). The van der Waals surface area contributed by atoms with Crippen molar-refractivity contribution in [1.82, 2.24) is 5.32 Å². The fraction of sp³-hybridized carbons (Fsp3) is 0.400. The zero-order valence-electron chi connectivity index (χ0n) is 7.45. The van der Waals surface area contributed by atoms with Crippen LogP contribution in [0.5, 0.6) is 0 Å². The molecule has 1 N–H and O–H groups in total. The lowest BCUT2D eigenvalue weighted by atomic mass is 9.89. The number of nitrogens with one attached hydrogen (secondary N) is 1. The van der Waals surface area contributed by atoms with E-state index in [0.717, 1.165) is 0 Å². The lowest BCUT2D eigenvalue weighted by Gasteiger charge is -2.10. The zero-order valence-corrected chi connectivity index (χ0v) is 7.45. The van der Waals surface area contributed by atoms with Crippen molar-refractivity contribution in [2.45, 2.75) is 12.8 Å². The molecule has 2 atom stereocenters. The first-order valence-corrected chi connectivity index (χ1v) is 4.27. The molecule has 0 radical (unpaired) electrons. The summed E-state index contributed by atoms with van der Waals surface area (Å²) in [4.78, 5) is 22.5. The van der Waals surface area contributed by atoms with Crippen LogP contribution in [-0.4, -0.2) is 11.8 Å². The van der Waals surface area contributed by atoms with Gasteiger partial charge in [-0.3, -0.25) is 14.9 Å². The Balaban J connectivity index is 2.75. The van der Waals surface area contributed by atoms with Gasteiger partial charge < -0.3 is 0 Å². The predicted molar refractivity (Wildman–Crippen MR) is 49.8 cm³/mol. The minimum absolute atomic E-state index is 0.184. The largest absolute Gasteiger partial charge is 0.296 e. The second-order valence-electron chi connectivity index (χ2n) is 3.12. The molecule has 70 valence electrons. The van der Waals surface area contributed by atoms with Crippen molar-refractivity contribution in [2.75, 3.05) is 0 Å². The molecule has 0 spiro atoms. The van der Waals surface area contributed by atoms with Crippen molar-refractivity contribution in [2.24, 2.45) is 11.8 Å². The first-order valence-electron chi connectivity index (χ1n) is 4.27. The summed E-state index contributed by atoms with van der Waals surface area (Å²) in [5.74, 6) is -0.862. The topological polar surface area (TPSA) is 46.2 Å². The normalized spacial score (nSPS) is 27.1. The first-order chi connectivity index (χ1) is 6.20. The Bertz CT molecular complexity index is 232. The average Bonchev–Trinajstić information content (AvgIpc) is 2.33. The third-order valence-corrected chi connectivity index (χ3v) is 2.25. The molecule has 1 fully saturated rings. The quantitative estimate of drug-likeness (QED) is 0.517. The molecule has 1 saturated heterocycles. The number of carbonyl (C=O) groups excluding carboxylic acids is 2. The van der Waals surface area contributed by atoms with Gasteiger partial charge in [-0.1, -0.05) is 12.2 Å². The van der Waals surface area contributed by atoms with Gasteiger partial charge in [0.05, 0.1) is 11.8 Å². The molecule has 1 aliphatic rings. The van der Waals surface area contributed by atoms with Crippen LogP contribution in [0, 0.1) is 11.8 Å². The van der Waals surface area contributed by atoms with E-state index in [-0.39, 0.29) is 23.7 Å². The number of hydrogen-bond acceptors (Lipinski definition) is 2. The number of allylic oxidation sites excluding steroid dienone is 2. The first kappa shape index (κ1) is 9.71. The van der Waals surface area contributed by atoms with E-state index >= 15 is 0 Å². The maximum atomic E-state index is 11.2. The van der Waals surface area contributed by atoms with Crippen LogP contribution in [0.1, 0.15) is 12.8 Å². The minimum Gasteiger partial charge on any atom is -0.296 e. The van der Waals surface area contributed by atoms with Crippen molar-refractivity contribution < 1.29 is 9.59 Å². The van der Waals surface area contributed by atoms with Crippen LogP contribution in [-0.2, 0) is 9.59 Å². The molecule has 0 bridgehead atoms. The Hall–Kier alpha value is -1.38. The van der Waals surface area contributed by atoms with Crippen LogP contribution >= 0.6 is 0 Å². The third-order valence-electron chi connectivity index (χ3n) is 2.25. The van der Waals surface area contributed by atoms with Crippen molar-refractivity contribution in [3.05, 3.63) is 25.3 Å². The molecule has 13 heavy (non-hydrogen) atoms. The second-order valence-corrected chi connectivity index (χ2v) is 3.12. The van der Waals surface area contributed by atoms with E-state index in [2.05, 4.69) is 18.5 Å². The summed E-state index contributed by atoms with van der Waals surface area (Å²) in [5, 5.41) is 2.31. The molecule has 3 heteroatoms. The Morgan fingerprint density at radius 1 is 1.08 bits per heavy atom. The summed E-state index contributed by atoms with van der Waals surface area (Å²) in [7, 11) is 0. The van der Waals surface area contributed by atoms with E-state index in [9.17, 15) is 9.59 Å². The number of rotatable bonds is 4. The lowest BCUT2D eigenvalue weighted by Crippen LogP contribution is -2.22. The van der Waals surface area contributed by atoms with Crippen LogP contribution in [0.15, 0.2) is 25.3 Å². The van der Waals surface area contributed by atoms with Crippen molar-refractivity contribution >= 4 is 11.8 Å². The number of imide groups is 1. The molecule has 0 aromatic carbocycles. The molecule has 0 aliphatic carbocycles. The lowest BCUT2D eigenvalue weighted by molar-refractivity contribution is -0.126. The fourth-order valence-corrected chi connectivity index (χ4v) is 1.57. The third kappa shape index (κ3) is 1.86. The average molecular weight is 179 g/mol. The second kappa shape index (κ2) is 4.03. The molecule has 2 amide bonds. The monoisotopic (exact) mass is 179 g/mol. The number of hydrogen-bond donors (Lipinski definition) is 1. The van der Waals surface area contributed by atoms with Crippen LogP contribution in [0.25, 0.3) is 0 Å². The molecule has 3 nitrogen and oxygen atoms in total. The van der Waals surface area contributed by atoms with Crippen LogP contribution in [0.3, 0.4) is 0 Å². The highest BCUT2D eigenvalue weighted by Gasteiger charge is 2.39. The van der Waals surface area contributed by atoms with Crippen LogP contribution in [0.4, 0.5) is 0 Å². The summed E-state index contributed by atoms with van der Waals surface area (Å²) in [6.45, 7) is 7.12. The summed E-state index contributed by atoms with van der Waals surface area (Å²) >= 11 is 0. The van der Waals surface area contributed by atoms with Crippen molar-refractivity contribution in [3.63, 3.8) is 0 Å². The molecule has 0 aromatic rings. The van der Waals surface area contributed by atoms with Gasteiger partial charge in [0.15, 0.2) is 0 Å². The molecule has 0 aromatic heterocycles. The van der Waals surface area contributed by atoms with Crippen molar-refractivity contribution in [3.8, 4) is 0 Å². The van der Waals surface area contributed by atoms with Gasteiger partial charge in [0, 0.05) is 0 Å². The highest BCUT2D eigenvalue weighted by Crippen LogP contribution is 2.25. The maximum Gasteiger partial charge on any atom is 0.230 e. The molecular weight excluding hydrogens is 166 g/mol. The smallest absolute Gasteiger partial charge is 0.230 e. The number of carbonyl (C=O) groups is 2. The summed E-state index contributed by atoms with van der Waals surface area (Å²) in [5.41, 5.74) is 0. The van der Waals surface area contributed by atoms with Crippen molar-refractivity contribution in [1.29, 1.82) is 0 Å². The van der Waals surface area contributed by atoms with Gasteiger partial charge in [-0.2, -0.15) is 0 Å². The van der Waals surface area contributed by atoms with Crippen LogP contribution < -0.4 is 5.32 Å². The van der Waals surface area contributed by atoms with Gasteiger partial charge in [-0.25, -0.2) is 0 Å². The van der Waals surface area contributed by atoms with E-state index in [0.29, 0.717) is 12.8 Å². The SMILES string of the molecule is C=CCC1C(=O)NC(=O)C1CC=C. The predicted octanol–water partition coefficient (Wildman–Crippen LogP) is 1.03. The fourth-order valence-electron chi connectivity index (χ4n) is 1.57. The Labute approximate surface area is 77.5 Å². The molecule has 1 aliphatic heterocycles. The summed E-state index contributed by atoms with van der Waals surface area (Å²) in [6, 6.07) is 0. The summed E-state index contributed by atoms with van der Waals surface area (Å²) in [6.07, 6.45) is 4.43. The van der Waals surface area contributed by atoms with Crippen LogP contribution in [0.2, 0.25) is 0 Å². The highest BCUT2D eigenvalue weighted by atomic mass is 16.2. The van der Waals surface area contributed by atoms with E-state index in [4.69, 9.17) is 0 Å². The van der Waals surface area contributed by atoms with E-state index < -0.39 is 0 Å². The minimum atomic E-state index is -0.247. The van der Waals surface area contributed by atoms with Gasteiger partial charge in [0.2, 0.25) is 11.8 Å². The van der Waals surface area contributed by atoms with E-state index in [1.54, 1.807) is 12.2 Å². The van der Waals surface area contributed by atoms with Gasteiger partial charge in [0.1, 0.15) is 0 Å². The van der Waals surface area contributed by atoms with Gasteiger partial charge in [0.25, 0.3) is 0 Å². The Morgan fingerprint density at radius 2 is 1.46 bits per heavy atom. The Kier molecular flexibility index (Phi) is 3.01. The molecular formula is C10H13NO2. The molecule has 2 unspecified atom stereocenters. The molecule has 0 saturated carbocycles. The zero-order chi connectivity index (χ0) is 9.84. The molecule has 1 rings (SSSR count). The summed E-state index contributed by atoms with van der Waals surface area (Å²) < 4.78 is 0. The maximum absolute atomic E-state index is 11.2. The van der Waals surface area contributed by atoms with E-state index in [1.807, 2.05) is 0 Å². The Morgan fingerprint density at radius 3 is 1.77 bits per heavy atom.